The average Bonchev–Trinajstić information content (AvgIpc) is 2.95. The van der Waals surface area contributed by atoms with Crippen molar-refractivity contribution in [1.82, 2.24) is 9.80 Å². The predicted octanol–water partition coefficient (Wildman–Crippen LogP) is 2.55. The molecule has 1 heterocycles. The van der Waals surface area contributed by atoms with Gasteiger partial charge in [0.05, 0.1) is 18.2 Å². The molecule has 156 valence electrons. The molecule has 0 atom stereocenters. The van der Waals surface area contributed by atoms with Crippen LogP contribution in [-0.4, -0.2) is 60.1 Å². The van der Waals surface area contributed by atoms with Crippen LogP contribution in [-0.2, 0) is 16.1 Å². The number of hydrogen-bond acceptors (Lipinski definition) is 5. The van der Waals surface area contributed by atoms with Gasteiger partial charge in [0.2, 0.25) is 5.91 Å². The number of hydrogen-bond donors (Lipinski definition) is 0. The van der Waals surface area contributed by atoms with Crippen molar-refractivity contribution in [2.75, 3.05) is 26.7 Å². The van der Waals surface area contributed by atoms with Crippen LogP contribution in [0.4, 0.5) is 0 Å². The highest BCUT2D eigenvalue weighted by Crippen LogP contribution is 2.16. The molecule has 2 aromatic rings. The van der Waals surface area contributed by atoms with Crippen molar-refractivity contribution in [3.05, 3.63) is 70.8 Å². The summed E-state index contributed by atoms with van der Waals surface area (Å²) < 4.78 is 4.69. The van der Waals surface area contributed by atoms with E-state index in [-0.39, 0.29) is 24.0 Å². The highest BCUT2D eigenvalue weighted by atomic mass is 16.5. The molecule has 0 N–H and O–H groups in total. The minimum Gasteiger partial charge on any atom is -0.465 e. The van der Waals surface area contributed by atoms with Gasteiger partial charge in [-0.25, -0.2) is 4.79 Å². The lowest BCUT2D eigenvalue weighted by Crippen LogP contribution is -2.36. The van der Waals surface area contributed by atoms with Crippen LogP contribution in [0.2, 0.25) is 0 Å². The molecule has 1 aliphatic rings. The maximum atomic E-state index is 13.0. The molecule has 7 heteroatoms. The van der Waals surface area contributed by atoms with Gasteiger partial charge >= 0.3 is 5.97 Å². The van der Waals surface area contributed by atoms with Gasteiger partial charge in [0, 0.05) is 38.2 Å². The van der Waals surface area contributed by atoms with E-state index in [0.29, 0.717) is 42.9 Å². The molecule has 0 unspecified atom stereocenters. The summed E-state index contributed by atoms with van der Waals surface area (Å²) in [6, 6.07) is 13.7. The van der Waals surface area contributed by atoms with Crippen LogP contribution in [0.5, 0.6) is 0 Å². The third kappa shape index (κ3) is 4.74. The fraction of sp³-hybridized carbons (Fsp3) is 0.304. The first-order chi connectivity index (χ1) is 14.4. The van der Waals surface area contributed by atoms with E-state index < -0.39 is 5.97 Å². The SMILES string of the molecule is COC(=O)c1ccc(CN2CCN(C(=O)c3ccccc3C(C)=O)CCC2=O)cc1. The van der Waals surface area contributed by atoms with Crippen molar-refractivity contribution >= 4 is 23.6 Å². The average molecular weight is 408 g/mol. The molecule has 0 aromatic heterocycles. The van der Waals surface area contributed by atoms with Gasteiger partial charge in [-0.1, -0.05) is 30.3 Å². The number of esters is 1. The molecule has 2 aromatic carbocycles. The van der Waals surface area contributed by atoms with Crippen LogP contribution in [0.25, 0.3) is 0 Å². The third-order valence-corrected chi connectivity index (χ3v) is 5.16. The molecule has 0 radical (unpaired) electrons. The highest BCUT2D eigenvalue weighted by Gasteiger charge is 2.26. The Morgan fingerprint density at radius 2 is 1.60 bits per heavy atom. The van der Waals surface area contributed by atoms with Crippen LogP contribution >= 0.6 is 0 Å². The van der Waals surface area contributed by atoms with E-state index in [1.165, 1.54) is 14.0 Å². The molecular weight excluding hydrogens is 384 g/mol. The minimum absolute atomic E-state index is 0.0396. The number of benzene rings is 2. The largest absolute Gasteiger partial charge is 0.465 e. The number of amides is 2. The van der Waals surface area contributed by atoms with Gasteiger partial charge in [0.15, 0.2) is 5.78 Å². The van der Waals surface area contributed by atoms with E-state index in [1.54, 1.807) is 58.3 Å². The summed E-state index contributed by atoms with van der Waals surface area (Å²) in [5, 5.41) is 0. The lowest BCUT2D eigenvalue weighted by atomic mass is 10.0. The van der Waals surface area contributed by atoms with Gasteiger partial charge in [0.25, 0.3) is 5.91 Å². The molecule has 2 amide bonds. The minimum atomic E-state index is -0.410. The van der Waals surface area contributed by atoms with Gasteiger partial charge in [-0.2, -0.15) is 0 Å². The van der Waals surface area contributed by atoms with Gasteiger partial charge in [-0.15, -0.1) is 0 Å². The second-order valence-corrected chi connectivity index (χ2v) is 7.15. The van der Waals surface area contributed by atoms with E-state index >= 15 is 0 Å². The Morgan fingerprint density at radius 3 is 2.23 bits per heavy atom. The summed E-state index contributed by atoms with van der Waals surface area (Å²) in [4.78, 5) is 52.3. The number of methoxy groups -OCH3 is 1. The van der Waals surface area contributed by atoms with Crippen molar-refractivity contribution < 1.29 is 23.9 Å². The molecule has 0 spiro atoms. The van der Waals surface area contributed by atoms with Gasteiger partial charge in [-0.3, -0.25) is 14.4 Å². The number of Topliss-reactive ketones (excluding diaryl/α,β-unsaturated/α-hetero) is 1. The zero-order valence-corrected chi connectivity index (χ0v) is 17.1. The van der Waals surface area contributed by atoms with Crippen molar-refractivity contribution in [2.24, 2.45) is 0 Å². The lowest BCUT2D eigenvalue weighted by molar-refractivity contribution is -0.130. The van der Waals surface area contributed by atoms with E-state index in [4.69, 9.17) is 4.74 Å². The second kappa shape index (κ2) is 9.35. The number of nitrogens with zero attached hydrogens (tertiary/aromatic N) is 2. The Labute approximate surface area is 175 Å². The van der Waals surface area contributed by atoms with Crippen LogP contribution in [0.15, 0.2) is 48.5 Å². The molecule has 30 heavy (non-hydrogen) atoms. The molecule has 0 aliphatic carbocycles. The Hall–Kier alpha value is -3.48. The summed E-state index contributed by atoms with van der Waals surface area (Å²) in [7, 11) is 1.33. The first-order valence-electron chi connectivity index (χ1n) is 9.75. The summed E-state index contributed by atoms with van der Waals surface area (Å²) in [6.45, 7) is 2.92. The number of ketones is 1. The Balaban J connectivity index is 1.69. The van der Waals surface area contributed by atoms with E-state index in [9.17, 15) is 19.2 Å². The van der Waals surface area contributed by atoms with Crippen molar-refractivity contribution in [3.63, 3.8) is 0 Å². The molecule has 3 rings (SSSR count). The monoisotopic (exact) mass is 408 g/mol. The normalized spacial score (nSPS) is 14.3. The Bertz CT molecular complexity index is 968. The topological polar surface area (TPSA) is 84.0 Å². The second-order valence-electron chi connectivity index (χ2n) is 7.15. The fourth-order valence-electron chi connectivity index (χ4n) is 3.47. The Kier molecular flexibility index (Phi) is 6.61. The van der Waals surface area contributed by atoms with Crippen molar-refractivity contribution in [1.29, 1.82) is 0 Å². The molecule has 1 aliphatic heterocycles. The van der Waals surface area contributed by atoms with Crippen LogP contribution < -0.4 is 0 Å². The zero-order valence-electron chi connectivity index (χ0n) is 17.1. The van der Waals surface area contributed by atoms with Crippen LogP contribution in [0.3, 0.4) is 0 Å². The van der Waals surface area contributed by atoms with E-state index in [1.807, 2.05) is 0 Å². The predicted molar refractivity (Wildman–Crippen MR) is 110 cm³/mol. The van der Waals surface area contributed by atoms with Crippen LogP contribution in [0, 0.1) is 0 Å². The van der Waals surface area contributed by atoms with Crippen molar-refractivity contribution in [2.45, 2.75) is 19.9 Å². The van der Waals surface area contributed by atoms with Gasteiger partial charge < -0.3 is 14.5 Å². The number of carbonyl (C=O) groups is 4. The number of carbonyl (C=O) groups excluding carboxylic acids is 4. The Morgan fingerprint density at radius 1 is 0.933 bits per heavy atom. The number of rotatable bonds is 5. The molecule has 1 saturated heterocycles. The molecule has 7 nitrogen and oxygen atoms in total. The quantitative estimate of drug-likeness (QED) is 0.561. The fourth-order valence-corrected chi connectivity index (χ4v) is 3.47. The summed E-state index contributed by atoms with van der Waals surface area (Å²) in [5.41, 5.74) is 2.09. The van der Waals surface area contributed by atoms with Crippen molar-refractivity contribution in [3.8, 4) is 0 Å². The van der Waals surface area contributed by atoms with Crippen LogP contribution in [0.1, 0.15) is 50.0 Å². The molecular formula is C23H24N2O5. The zero-order chi connectivity index (χ0) is 21.7. The van der Waals surface area contributed by atoms with E-state index in [0.717, 1.165) is 5.56 Å². The summed E-state index contributed by atoms with van der Waals surface area (Å²) in [5.74, 6) is -0.852. The van der Waals surface area contributed by atoms with E-state index in [2.05, 4.69) is 0 Å². The first kappa shape index (κ1) is 21.2. The maximum absolute atomic E-state index is 13.0. The number of ether oxygens (including phenoxy) is 1. The van der Waals surface area contributed by atoms with Gasteiger partial charge in [0.1, 0.15) is 0 Å². The summed E-state index contributed by atoms with van der Waals surface area (Å²) in [6.07, 6.45) is 0.216. The third-order valence-electron chi connectivity index (χ3n) is 5.16. The molecule has 0 bridgehead atoms. The van der Waals surface area contributed by atoms with Gasteiger partial charge in [-0.05, 0) is 30.7 Å². The molecule has 1 fully saturated rings. The highest BCUT2D eigenvalue weighted by molar-refractivity contribution is 6.07. The molecule has 0 saturated carbocycles. The maximum Gasteiger partial charge on any atom is 0.337 e. The standard InChI is InChI=1S/C23H24N2O5/c1-16(26)19-5-3-4-6-20(19)22(28)24-12-11-21(27)25(14-13-24)15-17-7-9-18(10-8-17)23(29)30-2/h3-10H,11-15H2,1-2H3. The lowest BCUT2D eigenvalue weighted by Gasteiger charge is -2.23. The smallest absolute Gasteiger partial charge is 0.337 e. The first-order valence-corrected chi connectivity index (χ1v) is 9.75. The summed E-state index contributed by atoms with van der Waals surface area (Å²) >= 11 is 0.